The zero-order chi connectivity index (χ0) is 14.1. The van der Waals surface area contributed by atoms with Crippen LogP contribution >= 0.6 is 0 Å². The predicted molar refractivity (Wildman–Crippen MR) is 73.1 cm³/mol. The van der Waals surface area contributed by atoms with Crippen molar-refractivity contribution in [3.63, 3.8) is 0 Å². The van der Waals surface area contributed by atoms with E-state index in [0.717, 1.165) is 5.56 Å². The summed E-state index contributed by atoms with van der Waals surface area (Å²) in [7, 11) is 0. The number of benzene rings is 1. The number of imide groups is 1. The van der Waals surface area contributed by atoms with Crippen molar-refractivity contribution < 1.29 is 14.3 Å². The van der Waals surface area contributed by atoms with E-state index in [2.05, 4.69) is 0 Å². The number of anilines is 1. The van der Waals surface area contributed by atoms with Crippen molar-refractivity contribution in [3.05, 3.63) is 42.0 Å². The second-order valence-electron chi connectivity index (χ2n) is 5.98. The Labute approximate surface area is 117 Å². The summed E-state index contributed by atoms with van der Waals surface area (Å²) in [6.45, 7) is 3.86. The lowest BCUT2D eigenvalue weighted by atomic mass is 9.78. The number of fused-ring (bicyclic) bond motifs is 5. The van der Waals surface area contributed by atoms with E-state index in [4.69, 9.17) is 4.74 Å². The molecule has 102 valence electrons. The molecule has 0 saturated carbocycles. The second-order valence-corrected chi connectivity index (χ2v) is 5.98. The van der Waals surface area contributed by atoms with Gasteiger partial charge in [-0.15, -0.1) is 0 Å². The average Bonchev–Trinajstić information content (AvgIpc) is 3.01. The highest BCUT2D eigenvalue weighted by Crippen LogP contribution is 2.52. The van der Waals surface area contributed by atoms with Crippen molar-refractivity contribution in [3.8, 4) is 0 Å². The van der Waals surface area contributed by atoms with Crippen LogP contribution in [-0.4, -0.2) is 23.5 Å². The number of carbonyl (C=O) groups is 2. The molecule has 2 bridgehead atoms. The van der Waals surface area contributed by atoms with Gasteiger partial charge in [0, 0.05) is 0 Å². The Morgan fingerprint density at radius 1 is 1.15 bits per heavy atom. The Morgan fingerprint density at radius 3 is 2.50 bits per heavy atom. The van der Waals surface area contributed by atoms with Crippen molar-refractivity contribution in [1.82, 2.24) is 0 Å². The van der Waals surface area contributed by atoms with Crippen molar-refractivity contribution in [1.29, 1.82) is 0 Å². The van der Waals surface area contributed by atoms with E-state index < -0.39 is 5.60 Å². The van der Waals surface area contributed by atoms with Crippen LogP contribution in [0.3, 0.4) is 0 Å². The highest BCUT2D eigenvalue weighted by Gasteiger charge is 2.65. The van der Waals surface area contributed by atoms with E-state index in [1.54, 1.807) is 0 Å². The molecule has 1 aromatic carbocycles. The normalized spacial score (nSPS) is 37.9. The summed E-state index contributed by atoms with van der Waals surface area (Å²) in [6, 6.07) is 7.47. The van der Waals surface area contributed by atoms with Crippen LogP contribution in [0.25, 0.3) is 0 Å². The maximum absolute atomic E-state index is 12.7. The van der Waals surface area contributed by atoms with E-state index in [9.17, 15) is 9.59 Å². The molecule has 4 heteroatoms. The first kappa shape index (κ1) is 11.9. The summed E-state index contributed by atoms with van der Waals surface area (Å²) in [6.07, 6.45) is 3.57. The molecule has 0 aromatic heterocycles. The number of amides is 2. The van der Waals surface area contributed by atoms with Gasteiger partial charge in [0.25, 0.3) is 0 Å². The molecule has 1 aromatic rings. The molecule has 0 spiro atoms. The van der Waals surface area contributed by atoms with E-state index in [-0.39, 0.29) is 29.8 Å². The molecule has 0 aliphatic carbocycles. The molecule has 4 unspecified atom stereocenters. The third-order valence-electron chi connectivity index (χ3n) is 4.62. The summed E-state index contributed by atoms with van der Waals surface area (Å²) < 4.78 is 5.79. The molecular formula is C16H15NO3. The zero-order valence-corrected chi connectivity index (χ0v) is 11.4. The summed E-state index contributed by atoms with van der Waals surface area (Å²) in [5.41, 5.74) is 1.13. The van der Waals surface area contributed by atoms with Gasteiger partial charge in [-0.25, -0.2) is 4.90 Å². The van der Waals surface area contributed by atoms with Gasteiger partial charge in [-0.05, 0) is 26.0 Å². The Morgan fingerprint density at radius 2 is 1.85 bits per heavy atom. The number of nitrogens with zero attached hydrogens (tertiary/aromatic N) is 1. The van der Waals surface area contributed by atoms with Crippen LogP contribution in [0.1, 0.15) is 12.5 Å². The molecular weight excluding hydrogens is 254 g/mol. The molecule has 4 atom stereocenters. The van der Waals surface area contributed by atoms with Gasteiger partial charge < -0.3 is 4.74 Å². The quantitative estimate of drug-likeness (QED) is 0.577. The largest absolute Gasteiger partial charge is 0.362 e. The summed E-state index contributed by atoms with van der Waals surface area (Å²) in [4.78, 5) is 26.6. The number of aryl methyl sites for hydroxylation is 1. The molecule has 20 heavy (non-hydrogen) atoms. The number of carbonyl (C=O) groups excluding carboxylic acids is 2. The van der Waals surface area contributed by atoms with Crippen molar-refractivity contribution in [2.24, 2.45) is 11.8 Å². The van der Waals surface area contributed by atoms with Crippen LogP contribution < -0.4 is 4.90 Å². The van der Waals surface area contributed by atoms with Crippen LogP contribution in [0.4, 0.5) is 5.69 Å². The maximum Gasteiger partial charge on any atom is 0.241 e. The minimum absolute atomic E-state index is 0.137. The van der Waals surface area contributed by atoms with Crippen LogP contribution in [-0.2, 0) is 14.3 Å². The molecule has 0 N–H and O–H groups in total. The van der Waals surface area contributed by atoms with Crippen molar-refractivity contribution in [2.75, 3.05) is 4.90 Å². The number of ether oxygens (including phenoxy) is 1. The zero-order valence-electron chi connectivity index (χ0n) is 11.4. The minimum Gasteiger partial charge on any atom is -0.362 e. The Bertz CT molecular complexity index is 648. The predicted octanol–water partition coefficient (Wildman–Crippen LogP) is 1.83. The topological polar surface area (TPSA) is 46.6 Å². The first-order valence-corrected chi connectivity index (χ1v) is 6.83. The summed E-state index contributed by atoms with van der Waals surface area (Å²) in [5.74, 6) is -1.02. The van der Waals surface area contributed by atoms with Gasteiger partial charge in [0.15, 0.2) is 0 Å². The highest BCUT2D eigenvalue weighted by atomic mass is 16.5. The third kappa shape index (κ3) is 1.29. The van der Waals surface area contributed by atoms with Gasteiger partial charge in [0.1, 0.15) is 0 Å². The summed E-state index contributed by atoms with van der Waals surface area (Å²) >= 11 is 0. The second kappa shape index (κ2) is 3.58. The maximum atomic E-state index is 12.7. The van der Waals surface area contributed by atoms with Crippen molar-refractivity contribution >= 4 is 17.5 Å². The molecule has 3 aliphatic heterocycles. The Hall–Kier alpha value is -1.94. The number of rotatable bonds is 1. The van der Waals surface area contributed by atoms with Gasteiger partial charge in [-0.2, -0.15) is 0 Å². The van der Waals surface area contributed by atoms with Gasteiger partial charge in [-0.1, -0.05) is 29.8 Å². The number of hydrogen-bond acceptors (Lipinski definition) is 3. The SMILES string of the molecule is Cc1ccc(N2C(=O)C3C4C=CC(C)(O4)C3C2=O)cc1. The Kier molecular flexibility index (Phi) is 2.12. The molecule has 2 amide bonds. The smallest absolute Gasteiger partial charge is 0.241 e. The molecule has 0 radical (unpaired) electrons. The van der Waals surface area contributed by atoms with Crippen LogP contribution in [0.15, 0.2) is 36.4 Å². The molecule has 2 saturated heterocycles. The molecule has 2 fully saturated rings. The molecule has 3 heterocycles. The fourth-order valence-corrected chi connectivity index (χ4v) is 3.60. The average molecular weight is 269 g/mol. The van der Waals surface area contributed by atoms with E-state index in [1.165, 1.54) is 4.90 Å². The van der Waals surface area contributed by atoms with Crippen LogP contribution in [0.5, 0.6) is 0 Å². The van der Waals surface area contributed by atoms with E-state index in [1.807, 2.05) is 50.3 Å². The van der Waals surface area contributed by atoms with Gasteiger partial charge in [-0.3, -0.25) is 9.59 Å². The lowest BCUT2D eigenvalue weighted by Crippen LogP contribution is -2.38. The van der Waals surface area contributed by atoms with Gasteiger partial charge in [0.05, 0.1) is 29.2 Å². The van der Waals surface area contributed by atoms with Gasteiger partial charge in [0.2, 0.25) is 11.8 Å². The van der Waals surface area contributed by atoms with E-state index in [0.29, 0.717) is 5.69 Å². The first-order chi connectivity index (χ1) is 9.51. The minimum atomic E-state index is -0.623. The number of hydrogen-bond donors (Lipinski definition) is 0. The molecule has 4 nitrogen and oxygen atoms in total. The first-order valence-electron chi connectivity index (χ1n) is 6.83. The third-order valence-corrected chi connectivity index (χ3v) is 4.62. The van der Waals surface area contributed by atoms with Crippen molar-refractivity contribution in [2.45, 2.75) is 25.6 Å². The molecule has 3 aliphatic rings. The Balaban J connectivity index is 1.77. The standard InChI is InChI=1S/C16H15NO3/c1-9-3-5-10(6-4-9)17-14(18)12-11-7-8-16(2,20-11)13(12)15(17)19/h3-8,11-13H,1-2H3. The highest BCUT2D eigenvalue weighted by molar-refractivity contribution is 6.23. The lowest BCUT2D eigenvalue weighted by Gasteiger charge is -2.24. The van der Waals surface area contributed by atoms with Crippen LogP contribution in [0, 0.1) is 18.8 Å². The monoisotopic (exact) mass is 269 g/mol. The molecule has 4 rings (SSSR count). The van der Waals surface area contributed by atoms with E-state index >= 15 is 0 Å². The van der Waals surface area contributed by atoms with Crippen LogP contribution in [0.2, 0.25) is 0 Å². The fraction of sp³-hybridized carbons (Fsp3) is 0.375. The lowest BCUT2D eigenvalue weighted by molar-refractivity contribution is -0.126. The fourth-order valence-electron chi connectivity index (χ4n) is 3.60. The summed E-state index contributed by atoms with van der Waals surface area (Å²) in [5, 5.41) is 0. The van der Waals surface area contributed by atoms with Gasteiger partial charge >= 0.3 is 0 Å².